The Labute approximate surface area is 205 Å². The quantitative estimate of drug-likeness (QED) is 0.182. The second kappa shape index (κ2) is 14.0. The number of allylic oxidation sites excluding steroid dienone is 6. The maximum Gasteiger partial charge on any atom is 0.805 e. The Hall–Kier alpha value is -3.42. The van der Waals surface area contributed by atoms with Crippen molar-refractivity contribution in [3.63, 3.8) is 0 Å². The zero-order valence-corrected chi connectivity index (χ0v) is 20.8. The Morgan fingerprint density at radius 3 is 1.18 bits per heavy atom. The molecule has 0 bridgehead atoms. The highest BCUT2D eigenvalue weighted by atomic mass is 31.1. The van der Waals surface area contributed by atoms with E-state index in [1.54, 1.807) is 0 Å². The van der Waals surface area contributed by atoms with E-state index in [-0.39, 0.29) is 0 Å². The Balaban J connectivity index is 2.43. The molecule has 0 aliphatic carbocycles. The van der Waals surface area contributed by atoms with Crippen LogP contribution in [0.1, 0.15) is 33.4 Å². The lowest BCUT2D eigenvalue weighted by Crippen LogP contribution is -2.04. The van der Waals surface area contributed by atoms with Gasteiger partial charge in [0, 0.05) is 15.7 Å². The van der Waals surface area contributed by atoms with Crippen molar-refractivity contribution in [1.29, 1.82) is 0 Å². The molecule has 0 heterocycles. The number of hydrogen-bond acceptors (Lipinski definition) is 3. The van der Waals surface area contributed by atoms with Crippen LogP contribution in [0, 0.1) is 0 Å². The predicted molar refractivity (Wildman–Crippen MR) is 145 cm³/mol. The first-order valence-electron chi connectivity index (χ1n) is 11.3. The minimum absolute atomic E-state index is 0.519. The first kappa shape index (κ1) is 26.8. The highest BCUT2D eigenvalue weighted by molar-refractivity contribution is 7.34. The molecule has 0 aromatic heterocycles. The molecule has 2 rings (SSSR count). The van der Waals surface area contributed by atoms with Gasteiger partial charge in [-0.25, -0.2) is 9.05 Å². The summed E-state index contributed by atoms with van der Waals surface area (Å²) in [4.78, 5) is 0. The summed E-state index contributed by atoms with van der Waals surface area (Å²) in [6.07, 6.45) is 15.0. The van der Waals surface area contributed by atoms with Crippen molar-refractivity contribution in [3.05, 3.63) is 134 Å². The van der Waals surface area contributed by atoms with Crippen LogP contribution >= 0.6 is 8.25 Å². The molecule has 0 aliphatic heterocycles. The predicted octanol–water partition coefficient (Wildman–Crippen LogP) is 8.17. The largest absolute Gasteiger partial charge is 0.805 e. The van der Waals surface area contributed by atoms with Gasteiger partial charge in [0.25, 0.3) is 0 Å². The highest BCUT2D eigenvalue weighted by Gasteiger charge is 2.29. The highest BCUT2D eigenvalue weighted by Crippen LogP contribution is 2.38. The first-order valence-corrected chi connectivity index (χ1v) is 12.4. The molecule has 0 saturated heterocycles. The molecule has 3 nitrogen and oxygen atoms in total. The molecule has 0 unspecified atom stereocenters. The van der Waals surface area contributed by atoms with Crippen LogP contribution in [-0.2, 0) is 43.1 Å². The van der Waals surface area contributed by atoms with E-state index in [0.29, 0.717) is 37.2 Å². The summed E-state index contributed by atoms with van der Waals surface area (Å²) in [5.41, 5.74) is 6.31. The minimum atomic E-state index is -2.48. The van der Waals surface area contributed by atoms with Gasteiger partial charge in [-0.15, -0.1) is 39.5 Å². The van der Waals surface area contributed by atoms with Crippen molar-refractivity contribution in [3.8, 4) is 11.5 Å². The van der Waals surface area contributed by atoms with Crippen molar-refractivity contribution in [2.75, 3.05) is 0 Å². The lowest BCUT2D eigenvalue weighted by molar-refractivity contribution is 0.412. The molecule has 4 heteroatoms. The van der Waals surface area contributed by atoms with Gasteiger partial charge in [-0.1, -0.05) is 48.6 Å². The summed E-state index contributed by atoms with van der Waals surface area (Å²) < 4.78 is 24.7. The van der Waals surface area contributed by atoms with Crippen LogP contribution in [0.2, 0.25) is 0 Å². The molecule has 0 saturated carbocycles. The van der Waals surface area contributed by atoms with Crippen LogP contribution in [-0.4, -0.2) is 0 Å². The summed E-state index contributed by atoms with van der Waals surface area (Å²) >= 11 is 0. The van der Waals surface area contributed by atoms with Gasteiger partial charge in [0.2, 0.25) is 0 Å². The lowest BCUT2D eigenvalue weighted by atomic mass is 9.93. The molecule has 0 spiro atoms. The molecule has 0 N–H and O–H groups in total. The van der Waals surface area contributed by atoms with E-state index in [1.165, 1.54) is 0 Å². The van der Waals surface area contributed by atoms with Gasteiger partial charge in [0.15, 0.2) is 11.5 Å². The molecule has 0 fully saturated rings. The van der Waals surface area contributed by atoms with Gasteiger partial charge in [-0.2, -0.15) is 0 Å². The molecule has 0 aliphatic rings. The van der Waals surface area contributed by atoms with Crippen molar-refractivity contribution >= 4 is 8.25 Å². The number of hydrogen-bond donors (Lipinski definition) is 0. The SMILES string of the molecule is C=CCc1ccc(O[P+](=O)Oc2ccc(CC=C)c(CC=C)c2CC=C)c(CC=C)c1CC=C. The van der Waals surface area contributed by atoms with Crippen molar-refractivity contribution in [2.24, 2.45) is 0 Å². The summed E-state index contributed by atoms with van der Waals surface area (Å²) in [6, 6.07) is 7.62. The van der Waals surface area contributed by atoms with Gasteiger partial charge < -0.3 is 0 Å². The second-order valence-corrected chi connectivity index (χ2v) is 8.54. The summed E-state index contributed by atoms with van der Waals surface area (Å²) in [7, 11) is -2.48. The van der Waals surface area contributed by atoms with Gasteiger partial charge in [0.1, 0.15) is 0 Å². The zero-order chi connectivity index (χ0) is 24.9. The monoisotopic (exact) mass is 473 g/mol. The Kier molecular flexibility index (Phi) is 11.0. The van der Waals surface area contributed by atoms with Crippen molar-refractivity contribution < 1.29 is 13.6 Å². The zero-order valence-electron chi connectivity index (χ0n) is 19.9. The fourth-order valence-electron chi connectivity index (χ4n) is 4.02. The second-order valence-electron chi connectivity index (χ2n) is 7.72. The molecule has 0 radical (unpaired) electrons. The van der Waals surface area contributed by atoms with Crippen LogP contribution in [0.3, 0.4) is 0 Å². The number of benzene rings is 2. The van der Waals surface area contributed by atoms with Crippen LogP contribution in [0.5, 0.6) is 11.5 Å². The van der Waals surface area contributed by atoms with Crippen LogP contribution in [0.15, 0.2) is 100 Å². The van der Waals surface area contributed by atoms with E-state index in [1.807, 2.05) is 60.7 Å². The van der Waals surface area contributed by atoms with Gasteiger partial charge in [0.05, 0.1) is 0 Å². The average molecular weight is 474 g/mol. The van der Waals surface area contributed by atoms with Crippen LogP contribution in [0.25, 0.3) is 0 Å². The summed E-state index contributed by atoms with van der Waals surface area (Å²) in [5.74, 6) is 1.04. The van der Waals surface area contributed by atoms with E-state index < -0.39 is 8.25 Å². The number of rotatable bonds is 16. The summed E-state index contributed by atoms with van der Waals surface area (Å²) in [6.45, 7) is 23.2. The van der Waals surface area contributed by atoms with Crippen LogP contribution in [0.4, 0.5) is 0 Å². The molecule has 176 valence electrons. The third kappa shape index (κ3) is 6.79. The lowest BCUT2D eigenvalue weighted by Gasteiger charge is -2.14. The molecule has 34 heavy (non-hydrogen) atoms. The molecule has 2 aromatic carbocycles. The van der Waals surface area contributed by atoms with E-state index in [0.717, 1.165) is 46.2 Å². The standard InChI is InChI=1S/C30H34O3P/c1-7-13-23-19-21-29(27(17-11-5)25(23)15-9-3)32-34(31)33-30-22-20-24(14-8-2)26(16-10-4)28(30)18-12-6/h7-12,19-22H,1-6,13-18H2/q+1. The van der Waals surface area contributed by atoms with Gasteiger partial charge >= 0.3 is 8.25 Å². The topological polar surface area (TPSA) is 35.5 Å². The summed E-state index contributed by atoms with van der Waals surface area (Å²) in [5, 5.41) is 0. The Morgan fingerprint density at radius 2 is 0.853 bits per heavy atom. The van der Waals surface area contributed by atoms with E-state index in [9.17, 15) is 4.57 Å². The Morgan fingerprint density at radius 1 is 0.529 bits per heavy atom. The van der Waals surface area contributed by atoms with E-state index >= 15 is 0 Å². The van der Waals surface area contributed by atoms with E-state index in [2.05, 4.69) is 39.5 Å². The minimum Gasteiger partial charge on any atom is -0.222 e. The third-order valence-electron chi connectivity index (χ3n) is 5.44. The Bertz CT molecular complexity index is 1010. The molecule has 2 aromatic rings. The van der Waals surface area contributed by atoms with Crippen LogP contribution < -0.4 is 9.05 Å². The van der Waals surface area contributed by atoms with Crippen molar-refractivity contribution in [1.82, 2.24) is 0 Å². The average Bonchev–Trinajstić information content (AvgIpc) is 2.81. The molecule has 0 atom stereocenters. The fourth-order valence-corrected chi connectivity index (χ4v) is 4.72. The molecule has 0 amide bonds. The maximum atomic E-state index is 13.0. The van der Waals surface area contributed by atoms with E-state index in [4.69, 9.17) is 9.05 Å². The molecular formula is C30H34O3P+. The smallest absolute Gasteiger partial charge is 0.222 e. The normalized spacial score (nSPS) is 10.1. The maximum absolute atomic E-state index is 13.0. The third-order valence-corrected chi connectivity index (χ3v) is 6.13. The molecular weight excluding hydrogens is 439 g/mol. The van der Waals surface area contributed by atoms with Crippen molar-refractivity contribution in [2.45, 2.75) is 38.5 Å². The van der Waals surface area contributed by atoms with Gasteiger partial charge in [-0.3, -0.25) is 0 Å². The van der Waals surface area contributed by atoms with Gasteiger partial charge in [-0.05, 0) is 72.9 Å². The first-order chi connectivity index (χ1) is 16.5. The fraction of sp³-hybridized carbons (Fsp3) is 0.200.